The number of amides is 1. The van der Waals surface area contributed by atoms with Crippen LogP contribution in [-0.4, -0.2) is 67.5 Å². The minimum atomic E-state index is -0.677. The van der Waals surface area contributed by atoms with Crippen molar-refractivity contribution >= 4 is 17.4 Å². The molecule has 7 heteroatoms. The number of carbonyl (C=O) groups is 2. The standard InChI is InChI=1S/C26H32N2O5/c1-6-33-20-12-13-21(17(2)16-20)24(29)22-23(18-8-10-19(32-5)11-9-18)28(26(31)25(22)30)15-7-14-27(3)4/h8-13,16,23,29H,6-7,14-15H2,1-5H3/b24-22-. The topological polar surface area (TPSA) is 79.3 Å². The third-order valence-corrected chi connectivity index (χ3v) is 5.74. The first-order valence-electron chi connectivity index (χ1n) is 11.1. The highest BCUT2D eigenvalue weighted by Crippen LogP contribution is 2.40. The van der Waals surface area contributed by atoms with Gasteiger partial charge in [0.2, 0.25) is 0 Å². The fraction of sp³-hybridized carbons (Fsp3) is 0.385. The summed E-state index contributed by atoms with van der Waals surface area (Å²) in [7, 11) is 5.50. The Bertz CT molecular complexity index is 1040. The molecule has 176 valence electrons. The minimum absolute atomic E-state index is 0.0993. The van der Waals surface area contributed by atoms with E-state index in [1.807, 2.05) is 51.0 Å². The lowest BCUT2D eigenvalue weighted by atomic mass is 9.93. The van der Waals surface area contributed by atoms with Gasteiger partial charge in [0.05, 0.1) is 25.3 Å². The molecule has 33 heavy (non-hydrogen) atoms. The van der Waals surface area contributed by atoms with E-state index >= 15 is 0 Å². The smallest absolute Gasteiger partial charge is 0.295 e. The molecule has 0 aliphatic carbocycles. The highest BCUT2D eigenvalue weighted by atomic mass is 16.5. The van der Waals surface area contributed by atoms with Gasteiger partial charge in [0.25, 0.3) is 11.7 Å². The normalized spacial score (nSPS) is 17.6. The molecule has 1 aliphatic rings. The number of nitrogens with zero attached hydrogens (tertiary/aromatic N) is 2. The number of hydrogen-bond acceptors (Lipinski definition) is 6. The van der Waals surface area contributed by atoms with Crippen LogP contribution in [0.2, 0.25) is 0 Å². The van der Waals surface area contributed by atoms with Gasteiger partial charge in [0.15, 0.2) is 0 Å². The van der Waals surface area contributed by atoms with E-state index in [0.29, 0.717) is 36.6 Å². The molecule has 0 spiro atoms. The zero-order chi connectivity index (χ0) is 24.1. The number of Topliss-reactive ketones (excluding diaryl/α,β-unsaturated/α-hetero) is 1. The number of carbonyl (C=O) groups excluding carboxylic acids is 2. The molecule has 7 nitrogen and oxygen atoms in total. The summed E-state index contributed by atoms with van der Waals surface area (Å²) in [4.78, 5) is 29.8. The number of ether oxygens (including phenoxy) is 2. The van der Waals surface area contributed by atoms with Crippen LogP contribution in [0.5, 0.6) is 11.5 Å². The van der Waals surface area contributed by atoms with Crippen molar-refractivity contribution in [3.63, 3.8) is 0 Å². The summed E-state index contributed by atoms with van der Waals surface area (Å²) in [5.74, 6) is -0.0935. The Morgan fingerprint density at radius 2 is 1.76 bits per heavy atom. The van der Waals surface area contributed by atoms with Crippen LogP contribution in [0, 0.1) is 6.92 Å². The molecule has 1 atom stereocenters. The van der Waals surface area contributed by atoms with Crippen LogP contribution in [0.25, 0.3) is 5.76 Å². The van der Waals surface area contributed by atoms with E-state index in [1.54, 1.807) is 36.3 Å². The van der Waals surface area contributed by atoms with E-state index in [-0.39, 0.29) is 11.3 Å². The molecule has 2 aromatic rings. The fourth-order valence-electron chi connectivity index (χ4n) is 4.10. The summed E-state index contributed by atoms with van der Waals surface area (Å²) in [5.41, 5.74) is 2.10. The van der Waals surface area contributed by atoms with Crippen molar-refractivity contribution in [1.82, 2.24) is 9.80 Å². The van der Waals surface area contributed by atoms with Crippen LogP contribution in [0.1, 0.15) is 36.1 Å². The lowest BCUT2D eigenvalue weighted by Gasteiger charge is -2.26. The maximum absolute atomic E-state index is 13.1. The first kappa shape index (κ1) is 24.3. The van der Waals surface area contributed by atoms with Gasteiger partial charge in [0, 0.05) is 12.1 Å². The molecule has 1 aliphatic heterocycles. The Kier molecular flexibility index (Phi) is 7.76. The van der Waals surface area contributed by atoms with Gasteiger partial charge in [-0.1, -0.05) is 12.1 Å². The zero-order valence-corrected chi connectivity index (χ0v) is 19.9. The van der Waals surface area contributed by atoms with Crippen LogP contribution >= 0.6 is 0 Å². The Labute approximate surface area is 195 Å². The molecular formula is C26H32N2O5. The van der Waals surface area contributed by atoms with Crippen LogP contribution in [0.15, 0.2) is 48.0 Å². The lowest BCUT2D eigenvalue weighted by molar-refractivity contribution is -0.139. The van der Waals surface area contributed by atoms with E-state index in [9.17, 15) is 14.7 Å². The van der Waals surface area contributed by atoms with E-state index in [0.717, 1.165) is 17.7 Å². The van der Waals surface area contributed by atoms with Crippen LogP contribution in [-0.2, 0) is 9.59 Å². The van der Waals surface area contributed by atoms with Gasteiger partial charge in [0.1, 0.15) is 17.3 Å². The number of aliphatic hydroxyl groups is 1. The molecule has 0 saturated carbocycles. The highest BCUT2D eigenvalue weighted by molar-refractivity contribution is 6.46. The van der Waals surface area contributed by atoms with Gasteiger partial charge in [-0.2, -0.15) is 0 Å². The summed E-state index contributed by atoms with van der Waals surface area (Å²) in [5, 5.41) is 11.3. The van der Waals surface area contributed by atoms with E-state index in [4.69, 9.17) is 9.47 Å². The van der Waals surface area contributed by atoms with E-state index in [2.05, 4.69) is 0 Å². The van der Waals surface area contributed by atoms with Crippen molar-refractivity contribution in [3.05, 3.63) is 64.7 Å². The first-order valence-corrected chi connectivity index (χ1v) is 11.1. The van der Waals surface area contributed by atoms with Crippen LogP contribution in [0.3, 0.4) is 0 Å². The maximum atomic E-state index is 13.1. The molecule has 1 unspecified atom stereocenters. The second-order valence-electron chi connectivity index (χ2n) is 8.33. The second kappa shape index (κ2) is 10.5. The van der Waals surface area contributed by atoms with Crippen molar-refractivity contribution in [1.29, 1.82) is 0 Å². The average Bonchev–Trinajstić information content (AvgIpc) is 3.04. The van der Waals surface area contributed by atoms with Crippen LogP contribution in [0.4, 0.5) is 0 Å². The number of likely N-dealkylation sites (tertiary alicyclic amines) is 1. The van der Waals surface area contributed by atoms with E-state index < -0.39 is 17.7 Å². The highest BCUT2D eigenvalue weighted by Gasteiger charge is 2.45. The third-order valence-electron chi connectivity index (χ3n) is 5.74. The molecule has 1 fully saturated rings. The summed E-state index contributed by atoms with van der Waals surface area (Å²) in [6, 6.07) is 11.8. The molecule has 3 rings (SSSR count). The summed E-state index contributed by atoms with van der Waals surface area (Å²) in [6.07, 6.45) is 0.703. The average molecular weight is 453 g/mol. The van der Waals surface area contributed by atoms with Crippen molar-refractivity contribution in [2.45, 2.75) is 26.3 Å². The summed E-state index contributed by atoms with van der Waals surface area (Å²) >= 11 is 0. The van der Waals surface area contributed by atoms with Gasteiger partial charge >= 0.3 is 0 Å². The van der Waals surface area contributed by atoms with Crippen molar-refractivity contribution < 1.29 is 24.2 Å². The van der Waals surface area contributed by atoms with Crippen molar-refractivity contribution in [2.75, 3.05) is 40.9 Å². The Morgan fingerprint density at radius 3 is 2.33 bits per heavy atom. The fourth-order valence-corrected chi connectivity index (χ4v) is 4.10. The molecule has 0 radical (unpaired) electrons. The lowest BCUT2D eigenvalue weighted by Crippen LogP contribution is -2.32. The van der Waals surface area contributed by atoms with Crippen molar-refractivity contribution in [2.24, 2.45) is 0 Å². The first-order chi connectivity index (χ1) is 15.8. The predicted molar refractivity (Wildman–Crippen MR) is 128 cm³/mol. The van der Waals surface area contributed by atoms with Gasteiger partial charge in [-0.25, -0.2) is 0 Å². The number of benzene rings is 2. The monoisotopic (exact) mass is 452 g/mol. The van der Waals surface area contributed by atoms with Crippen LogP contribution < -0.4 is 9.47 Å². The Morgan fingerprint density at radius 1 is 1.09 bits per heavy atom. The van der Waals surface area contributed by atoms with Gasteiger partial charge in [-0.05, 0) is 82.4 Å². The predicted octanol–water partition coefficient (Wildman–Crippen LogP) is 3.78. The number of ketones is 1. The number of methoxy groups -OCH3 is 1. The number of hydrogen-bond donors (Lipinski definition) is 1. The molecule has 2 aromatic carbocycles. The quantitative estimate of drug-likeness (QED) is 0.354. The third kappa shape index (κ3) is 5.20. The van der Waals surface area contributed by atoms with Crippen molar-refractivity contribution in [3.8, 4) is 11.5 Å². The van der Waals surface area contributed by atoms with E-state index in [1.165, 1.54) is 0 Å². The summed E-state index contributed by atoms with van der Waals surface area (Å²) < 4.78 is 10.8. The van der Waals surface area contributed by atoms with Gasteiger partial charge in [-0.15, -0.1) is 0 Å². The minimum Gasteiger partial charge on any atom is -0.507 e. The maximum Gasteiger partial charge on any atom is 0.295 e. The molecular weight excluding hydrogens is 420 g/mol. The second-order valence-corrected chi connectivity index (χ2v) is 8.33. The Balaban J connectivity index is 2.09. The number of aliphatic hydroxyl groups excluding tert-OH is 1. The molecule has 1 saturated heterocycles. The summed E-state index contributed by atoms with van der Waals surface area (Å²) in [6.45, 7) is 5.44. The molecule has 1 N–H and O–H groups in total. The molecule has 1 heterocycles. The van der Waals surface area contributed by atoms with Gasteiger partial charge < -0.3 is 24.4 Å². The Hall–Kier alpha value is -3.32. The van der Waals surface area contributed by atoms with Gasteiger partial charge in [-0.3, -0.25) is 9.59 Å². The SMILES string of the molecule is CCOc1ccc(/C(O)=C2/C(=O)C(=O)N(CCCN(C)C)C2c2ccc(OC)cc2)c(C)c1. The zero-order valence-electron chi connectivity index (χ0n) is 19.9. The molecule has 0 bridgehead atoms. The molecule has 1 amide bonds. The largest absolute Gasteiger partial charge is 0.507 e. The number of aryl methyl sites for hydroxylation is 1. The number of rotatable bonds is 9. The molecule has 0 aromatic heterocycles.